The van der Waals surface area contributed by atoms with Gasteiger partial charge in [-0.25, -0.2) is 13.8 Å². The van der Waals surface area contributed by atoms with Gasteiger partial charge in [-0.05, 0) is 36.6 Å². The predicted octanol–water partition coefficient (Wildman–Crippen LogP) is 3.93. The number of nitrogens with one attached hydrogen (secondary N) is 1. The van der Waals surface area contributed by atoms with E-state index in [-0.39, 0.29) is 5.52 Å². The lowest BCUT2D eigenvalue weighted by Gasteiger charge is -2.03. The average Bonchev–Trinajstić information content (AvgIpc) is 2.86. The summed E-state index contributed by atoms with van der Waals surface area (Å²) in [5.41, 5.74) is 3.06. The highest BCUT2D eigenvalue weighted by atomic mass is 19.2. The number of nitrogens with zero attached hydrogens (tertiary/aromatic N) is 1. The molecule has 0 aliphatic carbocycles. The van der Waals surface area contributed by atoms with Gasteiger partial charge >= 0.3 is 0 Å². The van der Waals surface area contributed by atoms with Crippen LogP contribution >= 0.6 is 0 Å². The number of fused-ring (bicyclic) bond motifs is 1. The molecule has 3 rings (SSSR count). The van der Waals surface area contributed by atoms with Crippen molar-refractivity contribution < 1.29 is 8.78 Å². The lowest BCUT2D eigenvalue weighted by molar-refractivity contribution is 0.515. The maximum Gasteiger partial charge on any atom is 0.186 e. The predicted molar refractivity (Wildman–Crippen MR) is 74.6 cm³/mol. The van der Waals surface area contributed by atoms with E-state index in [1.54, 1.807) is 0 Å². The summed E-state index contributed by atoms with van der Waals surface area (Å²) >= 11 is 0. The Hall–Kier alpha value is -2.23. The fourth-order valence-electron chi connectivity index (χ4n) is 2.33. The highest BCUT2D eigenvalue weighted by molar-refractivity contribution is 5.75. The minimum Gasteiger partial charge on any atom is -0.342 e. The van der Waals surface area contributed by atoms with Crippen LogP contribution in [0.5, 0.6) is 0 Å². The van der Waals surface area contributed by atoms with Crippen LogP contribution in [0.2, 0.25) is 0 Å². The van der Waals surface area contributed by atoms with E-state index in [1.807, 2.05) is 12.1 Å². The van der Waals surface area contributed by atoms with E-state index in [4.69, 9.17) is 0 Å². The van der Waals surface area contributed by atoms with E-state index in [0.717, 1.165) is 12.5 Å². The van der Waals surface area contributed by atoms with Gasteiger partial charge in [-0.1, -0.05) is 24.3 Å². The maximum atomic E-state index is 13.6. The molecular formula is C16H14F2N2. The van der Waals surface area contributed by atoms with Gasteiger partial charge in [-0.3, -0.25) is 0 Å². The molecule has 2 aromatic carbocycles. The molecule has 0 amide bonds. The number of benzene rings is 2. The van der Waals surface area contributed by atoms with Crippen molar-refractivity contribution in [1.29, 1.82) is 0 Å². The Kier molecular flexibility index (Phi) is 3.22. The largest absolute Gasteiger partial charge is 0.342 e. The quantitative estimate of drug-likeness (QED) is 0.768. The van der Waals surface area contributed by atoms with Crippen LogP contribution in [0, 0.1) is 18.6 Å². The van der Waals surface area contributed by atoms with E-state index in [2.05, 4.69) is 29.0 Å². The van der Waals surface area contributed by atoms with Gasteiger partial charge in [0.25, 0.3) is 0 Å². The molecule has 0 saturated heterocycles. The molecule has 0 aliphatic rings. The molecular weight excluding hydrogens is 258 g/mol. The number of aromatic amines is 1. The number of halogens is 2. The first-order chi connectivity index (χ1) is 9.65. The summed E-state index contributed by atoms with van der Waals surface area (Å²) in [6.45, 7) is 2.06. The Bertz CT molecular complexity index is 762. The molecule has 0 bridgehead atoms. The van der Waals surface area contributed by atoms with Crippen molar-refractivity contribution in [3.8, 4) is 0 Å². The zero-order valence-electron chi connectivity index (χ0n) is 11.1. The monoisotopic (exact) mass is 272 g/mol. The summed E-state index contributed by atoms with van der Waals surface area (Å²) in [6, 6.07) is 10.7. The van der Waals surface area contributed by atoms with Crippen LogP contribution in [-0.2, 0) is 12.8 Å². The Morgan fingerprint density at radius 1 is 1.05 bits per heavy atom. The van der Waals surface area contributed by atoms with Gasteiger partial charge in [-0.15, -0.1) is 0 Å². The van der Waals surface area contributed by atoms with Crippen molar-refractivity contribution in [2.45, 2.75) is 19.8 Å². The number of aryl methyl sites for hydroxylation is 3. The van der Waals surface area contributed by atoms with E-state index < -0.39 is 11.6 Å². The third-order valence-electron chi connectivity index (χ3n) is 3.49. The molecule has 0 saturated carbocycles. The second-order valence-electron chi connectivity index (χ2n) is 4.87. The topological polar surface area (TPSA) is 28.7 Å². The van der Waals surface area contributed by atoms with Gasteiger partial charge in [0.1, 0.15) is 11.3 Å². The van der Waals surface area contributed by atoms with E-state index in [0.29, 0.717) is 17.8 Å². The normalized spacial score (nSPS) is 11.2. The van der Waals surface area contributed by atoms with Crippen LogP contribution in [0.3, 0.4) is 0 Å². The third-order valence-corrected chi connectivity index (χ3v) is 3.49. The molecule has 1 aromatic heterocycles. The molecule has 2 nitrogen and oxygen atoms in total. The zero-order chi connectivity index (χ0) is 14.1. The van der Waals surface area contributed by atoms with Crippen molar-refractivity contribution in [2.24, 2.45) is 0 Å². The van der Waals surface area contributed by atoms with Crippen LogP contribution < -0.4 is 0 Å². The van der Waals surface area contributed by atoms with Crippen LogP contribution in [0.4, 0.5) is 8.78 Å². The summed E-state index contributed by atoms with van der Waals surface area (Å²) in [5, 5.41) is 0. The Morgan fingerprint density at radius 3 is 2.65 bits per heavy atom. The van der Waals surface area contributed by atoms with E-state index in [1.165, 1.54) is 17.2 Å². The van der Waals surface area contributed by atoms with Crippen molar-refractivity contribution in [1.82, 2.24) is 9.97 Å². The minimum atomic E-state index is -0.888. The number of rotatable bonds is 3. The molecule has 0 spiro atoms. The number of hydrogen-bond donors (Lipinski definition) is 1. The first kappa shape index (κ1) is 12.8. The summed E-state index contributed by atoms with van der Waals surface area (Å²) < 4.78 is 26.7. The van der Waals surface area contributed by atoms with Crippen molar-refractivity contribution in [2.75, 3.05) is 0 Å². The van der Waals surface area contributed by atoms with Crippen molar-refractivity contribution in [3.63, 3.8) is 0 Å². The molecule has 1 N–H and O–H groups in total. The molecule has 0 aliphatic heterocycles. The number of aromatic nitrogens is 2. The zero-order valence-corrected chi connectivity index (χ0v) is 11.1. The lowest BCUT2D eigenvalue weighted by Crippen LogP contribution is -1.95. The van der Waals surface area contributed by atoms with Gasteiger partial charge in [0, 0.05) is 6.42 Å². The Labute approximate surface area is 115 Å². The van der Waals surface area contributed by atoms with Crippen LogP contribution in [-0.4, -0.2) is 9.97 Å². The Morgan fingerprint density at radius 2 is 1.85 bits per heavy atom. The smallest absolute Gasteiger partial charge is 0.186 e. The van der Waals surface area contributed by atoms with Crippen molar-refractivity contribution in [3.05, 3.63) is 65.0 Å². The standard InChI is InChI=1S/C16H14F2N2/c1-10-4-2-3-5-11(10)6-9-14-19-13-8-7-12(17)15(18)16(13)20-14/h2-5,7-8H,6,9H2,1H3,(H,19,20). The molecule has 3 aromatic rings. The summed E-state index contributed by atoms with van der Waals surface area (Å²) in [4.78, 5) is 7.18. The van der Waals surface area contributed by atoms with Gasteiger partial charge in [-0.2, -0.15) is 0 Å². The molecule has 1 heterocycles. The first-order valence-corrected chi connectivity index (χ1v) is 6.52. The number of imidazole rings is 1. The summed E-state index contributed by atoms with van der Waals surface area (Å²) in [7, 11) is 0. The minimum absolute atomic E-state index is 0.0739. The highest BCUT2D eigenvalue weighted by Gasteiger charge is 2.11. The van der Waals surface area contributed by atoms with Gasteiger partial charge in [0.2, 0.25) is 0 Å². The fraction of sp³-hybridized carbons (Fsp3) is 0.188. The third kappa shape index (κ3) is 2.29. The number of H-pyrrole nitrogens is 1. The fourth-order valence-corrected chi connectivity index (χ4v) is 2.33. The molecule has 0 unspecified atom stereocenters. The van der Waals surface area contributed by atoms with E-state index in [9.17, 15) is 8.78 Å². The molecule has 0 radical (unpaired) electrons. The first-order valence-electron chi connectivity index (χ1n) is 6.52. The van der Waals surface area contributed by atoms with E-state index >= 15 is 0 Å². The average molecular weight is 272 g/mol. The van der Waals surface area contributed by atoms with Gasteiger partial charge in [0.05, 0.1) is 5.52 Å². The summed E-state index contributed by atoms with van der Waals surface area (Å²) in [6.07, 6.45) is 1.48. The molecule has 20 heavy (non-hydrogen) atoms. The lowest BCUT2D eigenvalue weighted by atomic mass is 10.0. The van der Waals surface area contributed by atoms with Crippen molar-refractivity contribution >= 4 is 11.0 Å². The van der Waals surface area contributed by atoms with Gasteiger partial charge < -0.3 is 4.98 Å². The van der Waals surface area contributed by atoms with Gasteiger partial charge in [0.15, 0.2) is 11.6 Å². The maximum absolute atomic E-state index is 13.6. The second-order valence-corrected chi connectivity index (χ2v) is 4.87. The molecule has 102 valence electrons. The molecule has 4 heteroatoms. The molecule has 0 atom stereocenters. The second kappa shape index (κ2) is 5.04. The van der Waals surface area contributed by atoms with Crippen LogP contribution in [0.25, 0.3) is 11.0 Å². The Balaban J connectivity index is 1.85. The molecule has 0 fully saturated rings. The van der Waals surface area contributed by atoms with Crippen LogP contribution in [0.15, 0.2) is 36.4 Å². The van der Waals surface area contributed by atoms with Crippen LogP contribution in [0.1, 0.15) is 17.0 Å². The highest BCUT2D eigenvalue weighted by Crippen LogP contribution is 2.19. The summed E-state index contributed by atoms with van der Waals surface area (Å²) in [5.74, 6) is -1.08. The number of hydrogen-bond acceptors (Lipinski definition) is 1. The SMILES string of the molecule is Cc1ccccc1CCc1nc2c(F)c(F)ccc2[nH]1.